The van der Waals surface area contributed by atoms with Crippen molar-refractivity contribution in [1.29, 1.82) is 0 Å². The van der Waals surface area contributed by atoms with Gasteiger partial charge in [0.2, 0.25) is 5.91 Å². The van der Waals surface area contributed by atoms with Crippen molar-refractivity contribution in [2.24, 2.45) is 5.92 Å². The second kappa shape index (κ2) is 9.71. The molecule has 2 aromatic rings. The predicted octanol–water partition coefficient (Wildman–Crippen LogP) is 3.41. The minimum atomic E-state index is -0.101. The first-order valence-electron chi connectivity index (χ1n) is 9.63. The first-order chi connectivity index (χ1) is 13.5. The van der Waals surface area contributed by atoms with Gasteiger partial charge in [-0.3, -0.25) is 4.79 Å². The molecule has 7 heteroatoms. The molecular weight excluding hydrogens is 372 g/mol. The van der Waals surface area contributed by atoms with Crippen LogP contribution in [0.3, 0.4) is 0 Å². The van der Waals surface area contributed by atoms with Crippen LogP contribution in [0.5, 0.6) is 0 Å². The van der Waals surface area contributed by atoms with Crippen LogP contribution in [0.1, 0.15) is 23.8 Å². The Morgan fingerprint density at radius 3 is 2.46 bits per heavy atom. The monoisotopic (exact) mass is 400 g/mol. The van der Waals surface area contributed by atoms with E-state index >= 15 is 0 Å². The summed E-state index contributed by atoms with van der Waals surface area (Å²) in [6.07, 6.45) is 1.39. The number of thiophene rings is 1. The lowest BCUT2D eigenvalue weighted by Crippen LogP contribution is -2.45. The van der Waals surface area contributed by atoms with E-state index in [0.717, 1.165) is 5.69 Å². The molecule has 28 heavy (non-hydrogen) atoms. The molecule has 0 bridgehead atoms. The van der Waals surface area contributed by atoms with Crippen LogP contribution in [-0.4, -0.2) is 55.5 Å². The van der Waals surface area contributed by atoms with Crippen LogP contribution in [0.25, 0.3) is 0 Å². The lowest BCUT2D eigenvalue weighted by atomic mass is 9.96. The average Bonchev–Trinajstić information content (AvgIpc) is 3.23. The number of hydrogen-bond donors (Lipinski definition) is 2. The zero-order valence-corrected chi connectivity index (χ0v) is 17.2. The van der Waals surface area contributed by atoms with E-state index in [0.29, 0.717) is 32.5 Å². The minimum Gasteiger partial charge on any atom is -0.354 e. The van der Waals surface area contributed by atoms with Crippen molar-refractivity contribution < 1.29 is 9.59 Å². The number of nitrogens with zero attached hydrogens (tertiary/aromatic N) is 2. The fraction of sp³-hybridized carbons (Fsp3) is 0.429. The van der Waals surface area contributed by atoms with E-state index in [1.807, 2.05) is 50.5 Å². The highest BCUT2D eigenvalue weighted by atomic mass is 32.1. The molecule has 2 heterocycles. The standard InChI is InChI=1S/C21H28N4O2S/c1-24(2)18(19-9-6-14-28-19)15-22-20(26)16-10-12-25(13-11-16)21(27)23-17-7-4-3-5-8-17/h3-9,14,16,18H,10-13,15H2,1-2H3,(H,22,26)(H,23,27)/t18-/m1/s1. The fourth-order valence-corrected chi connectivity index (χ4v) is 4.35. The van der Waals surface area contributed by atoms with Gasteiger partial charge < -0.3 is 20.4 Å². The van der Waals surface area contributed by atoms with Crippen molar-refractivity contribution >= 4 is 29.0 Å². The summed E-state index contributed by atoms with van der Waals surface area (Å²) in [5.41, 5.74) is 0.788. The number of urea groups is 1. The fourth-order valence-electron chi connectivity index (χ4n) is 3.43. The minimum absolute atomic E-state index is 0.0353. The van der Waals surface area contributed by atoms with Crippen LogP contribution in [0, 0.1) is 5.92 Å². The van der Waals surface area contributed by atoms with E-state index in [1.165, 1.54) is 4.88 Å². The second-order valence-corrected chi connectivity index (χ2v) is 8.28. The summed E-state index contributed by atoms with van der Waals surface area (Å²) in [5.74, 6) is 0.0541. The summed E-state index contributed by atoms with van der Waals surface area (Å²) in [6, 6.07) is 13.7. The Bertz CT molecular complexity index is 756. The summed E-state index contributed by atoms with van der Waals surface area (Å²) in [5, 5.41) is 8.08. The molecule has 150 valence electrons. The highest BCUT2D eigenvalue weighted by molar-refractivity contribution is 7.10. The van der Waals surface area contributed by atoms with E-state index in [2.05, 4.69) is 27.0 Å². The number of carbonyl (C=O) groups excluding carboxylic acids is 2. The largest absolute Gasteiger partial charge is 0.354 e. The molecule has 3 amide bonds. The van der Waals surface area contributed by atoms with Crippen molar-refractivity contribution in [1.82, 2.24) is 15.1 Å². The molecule has 1 saturated heterocycles. The molecule has 6 nitrogen and oxygen atoms in total. The number of likely N-dealkylation sites (N-methyl/N-ethyl adjacent to an activating group) is 1. The maximum Gasteiger partial charge on any atom is 0.321 e. The number of para-hydroxylation sites is 1. The third-order valence-electron chi connectivity index (χ3n) is 5.14. The molecule has 0 spiro atoms. The number of rotatable bonds is 6. The lowest BCUT2D eigenvalue weighted by molar-refractivity contribution is -0.126. The maximum absolute atomic E-state index is 12.6. The van der Waals surface area contributed by atoms with E-state index in [1.54, 1.807) is 16.2 Å². The summed E-state index contributed by atoms with van der Waals surface area (Å²) < 4.78 is 0. The van der Waals surface area contributed by atoms with Crippen LogP contribution in [0.4, 0.5) is 10.5 Å². The number of amides is 3. The van der Waals surface area contributed by atoms with Gasteiger partial charge in [0.15, 0.2) is 0 Å². The first-order valence-corrected chi connectivity index (χ1v) is 10.5. The summed E-state index contributed by atoms with van der Waals surface area (Å²) >= 11 is 1.71. The number of nitrogens with one attached hydrogen (secondary N) is 2. The van der Waals surface area contributed by atoms with Gasteiger partial charge in [-0.2, -0.15) is 0 Å². The topological polar surface area (TPSA) is 64.7 Å². The van der Waals surface area contributed by atoms with Gasteiger partial charge in [0, 0.05) is 36.1 Å². The van der Waals surface area contributed by atoms with Crippen LogP contribution < -0.4 is 10.6 Å². The van der Waals surface area contributed by atoms with Gasteiger partial charge in [0.05, 0.1) is 6.04 Å². The number of benzene rings is 1. The molecule has 1 atom stereocenters. The molecule has 0 unspecified atom stereocenters. The number of likely N-dealkylation sites (tertiary alicyclic amines) is 1. The van der Waals surface area contributed by atoms with Crippen LogP contribution >= 0.6 is 11.3 Å². The molecule has 1 aliphatic rings. The maximum atomic E-state index is 12.6. The van der Waals surface area contributed by atoms with E-state index < -0.39 is 0 Å². The van der Waals surface area contributed by atoms with Gasteiger partial charge >= 0.3 is 6.03 Å². The number of carbonyl (C=O) groups is 2. The molecule has 0 aliphatic carbocycles. The first kappa shape index (κ1) is 20.4. The Morgan fingerprint density at radius 2 is 1.86 bits per heavy atom. The number of piperidine rings is 1. The Kier molecular flexibility index (Phi) is 7.06. The SMILES string of the molecule is CN(C)[C@H](CNC(=O)C1CCN(C(=O)Nc2ccccc2)CC1)c1cccs1. The Hall–Kier alpha value is -2.38. The summed E-state index contributed by atoms with van der Waals surface area (Å²) in [6.45, 7) is 1.79. The zero-order chi connectivity index (χ0) is 19.9. The molecule has 3 rings (SSSR count). The zero-order valence-electron chi connectivity index (χ0n) is 16.4. The average molecular weight is 401 g/mol. The number of hydrogen-bond acceptors (Lipinski definition) is 4. The molecule has 1 aromatic heterocycles. The molecule has 1 aliphatic heterocycles. The quantitative estimate of drug-likeness (QED) is 0.781. The predicted molar refractivity (Wildman–Crippen MR) is 114 cm³/mol. The highest BCUT2D eigenvalue weighted by Gasteiger charge is 2.28. The van der Waals surface area contributed by atoms with Crippen molar-refractivity contribution in [2.45, 2.75) is 18.9 Å². The third kappa shape index (κ3) is 5.33. The molecule has 2 N–H and O–H groups in total. The molecule has 0 saturated carbocycles. The van der Waals surface area contributed by atoms with Crippen LogP contribution in [0.2, 0.25) is 0 Å². The van der Waals surface area contributed by atoms with E-state index in [4.69, 9.17) is 0 Å². The smallest absolute Gasteiger partial charge is 0.321 e. The van der Waals surface area contributed by atoms with Crippen LogP contribution in [-0.2, 0) is 4.79 Å². The van der Waals surface area contributed by atoms with Gasteiger partial charge in [0.1, 0.15) is 0 Å². The normalized spacial score (nSPS) is 16.0. The second-order valence-electron chi connectivity index (χ2n) is 7.30. The number of anilines is 1. The summed E-state index contributed by atoms with van der Waals surface area (Å²) in [7, 11) is 4.06. The molecule has 1 fully saturated rings. The van der Waals surface area contributed by atoms with Gasteiger partial charge in [-0.05, 0) is 50.5 Å². The Labute approximate surface area is 170 Å². The van der Waals surface area contributed by atoms with Crippen molar-refractivity contribution in [2.75, 3.05) is 39.0 Å². The molecule has 0 radical (unpaired) electrons. The van der Waals surface area contributed by atoms with Gasteiger partial charge in [-0.25, -0.2) is 4.79 Å². The molecule has 1 aromatic carbocycles. The van der Waals surface area contributed by atoms with Crippen molar-refractivity contribution in [3.05, 3.63) is 52.7 Å². The van der Waals surface area contributed by atoms with Crippen LogP contribution in [0.15, 0.2) is 47.8 Å². The Morgan fingerprint density at radius 1 is 1.14 bits per heavy atom. The van der Waals surface area contributed by atoms with Crippen molar-refractivity contribution in [3.63, 3.8) is 0 Å². The molecular formula is C21H28N4O2S. The van der Waals surface area contributed by atoms with Gasteiger partial charge in [-0.1, -0.05) is 24.3 Å². The Balaban J connectivity index is 1.45. The lowest BCUT2D eigenvalue weighted by Gasteiger charge is -2.32. The van der Waals surface area contributed by atoms with Crippen molar-refractivity contribution in [3.8, 4) is 0 Å². The van der Waals surface area contributed by atoms with E-state index in [-0.39, 0.29) is 23.9 Å². The summed E-state index contributed by atoms with van der Waals surface area (Å²) in [4.78, 5) is 30.2. The van der Waals surface area contributed by atoms with Gasteiger partial charge in [-0.15, -0.1) is 11.3 Å². The van der Waals surface area contributed by atoms with E-state index in [9.17, 15) is 9.59 Å². The highest BCUT2D eigenvalue weighted by Crippen LogP contribution is 2.23. The van der Waals surface area contributed by atoms with Gasteiger partial charge in [0.25, 0.3) is 0 Å². The third-order valence-corrected chi connectivity index (χ3v) is 6.12.